The van der Waals surface area contributed by atoms with Gasteiger partial charge in [-0.05, 0) is 111 Å². The Balaban J connectivity index is 1.01. The van der Waals surface area contributed by atoms with Crippen LogP contribution in [-0.2, 0) is 22.4 Å². The van der Waals surface area contributed by atoms with Crippen LogP contribution < -0.4 is 0 Å². The molecule has 6 aromatic rings. The largest absolute Gasteiger partial charge is 0.481 e. The van der Waals surface area contributed by atoms with Crippen molar-refractivity contribution >= 4 is 80.0 Å². The molecule has 10 heteroatoms. The molecule has 0 atom stereocenters. The maximum atomic E-state index is 10.7. The van der Waals surface area contributed by atoms with E-state index in [-0.39, 0.29) is 12.8 Å². The van der Waals surface area contributed by atoms with E-state index in [9.17, 15) is 9.59 Å². The Kier molecular flexibility index (Phi) is 12.5. The minimum atomic E-state index is -0.696. The fraction of sp³-hybridized carbons (Fsp3) is 0.316. The van der Waals surface area contributed by atoms with Crippen LogP contribution in [-0.4, -0.2) is 22.2 Å². The molecule has 0 spiro atoms. The van der Waals surface area contributed by atoms with Crippen molar-refractivity contribution < 1.29 is 19.8 Å². The SMILES string of the molecule is O=C(O)CCCCCCc1ccc(-c2ccc(-c3ccc(-c4ccc(-c5ccc(-c6ccc(CCCCCCC(=O)O)s6)s5)s4)s3)s2)s1. The maximum absolute atomic E-state index is 10.7. The van der Waals surface area contributed by atoms with Gasteiger partial charge in [0.1, 0.15) is 0 Å². The van der Waals surface area contributed by atoms with Crippen LogP contribution in [0.1, 0.15) is 74.0 Å². The highest BCUT2D eigenvalue weighted by Crippen LogP contribution is 2.46. The van der Waals surface area contributed by atoms with E-state index in [4.69, 9.17) is 10.2 Å². The second-order valence-corrected chi connectivity index (χ2v) is 18.5. The molecule has 6 heterocycles. The summed E-state index contributed by atoms with van der Waals surface area (Å²) in [5.74, 6) is -1.39. The topological polar surface area (TPSA) is 74.6 Å². The van der Waals surface area contributed by atoms with Gasteiger partial charge in [-0.25, -0.2) is 0 Å². The molecule has 0 bridgehead atoms. The lowest BCUT2D eigenvalue weighted by atomic mass is 10.1. The number of thiophene rings is 6. The predicted molar refractivity (Wildman–Crippen MR) is 210 cm³/mol. The number of carboxylic acids is 2. The average Bonchev–Trinajstić information content (AvgIpc) is 3.91. The summed E-state index contributed by atoms with van der Waals surface area (Å²) < 4.78 is 0. The lowest BCUT2D eigenvalue weighted by molar-refractivity contribution is -0.138. The lowest BCUT2D eigenvalue weighted by Crippen LogP contribution is -1.93. The number of rotatable bonds is 19. The number of unbranched alkanes of at least 4 members (excludes halogenated alkanes) is 6. The van der Waals surface area contributed by atoms with Crippen molar-refractivity contribution in [1.29, 1.82) is 0 Å². The molecular weight excluding hydrogens is 713 g/mol. The van der Waals surface area contributed by atoms with Gasteiger partial charge in [0, 0.05) is 71.4 Å². The highest BCUT2D eigenvalue weighted by molar-refractivity contribution is 7.30. The van der Waals surface area contributed by atoms with Crippen molar-refractivity contribution in [3.63, 3.8) is 0 Å². The second-order valence-electron chi connectivity index (χ2n) is 11.8. The molecule has 250 valence electrons. The van der Waals surface area contributed by atoms with Crippen LogP contribution in [0.25, 0.3) is 48.8 Å². The summed E-state index contributed by atoms with van der Waals surface area (Å²) in [6, 6.07) is 27.0. The number of carboxylic acid groups (broad SMARTS) is 2. The van der Waals surface area contributed by atoms with Crippen molar-refractivity contribution in [3.05, 3.63) is 82.6 Å². The number of aliphatic carboxylic acids is 2. The predicted octanol–water partition coefficient (Wildman–Crippen LogP) is 13.5. The number of hydrogen-bond donors (Lipinski definition) is 2. The van der Waals surface area contributed by atoms with E-state index in [1.54, 1.807) is 0 Å². The first-order chi connectivity index (χ1) is 23.4. The molecular formula is C38H38O4S6. The van der Waals surface area contributed by atoms with Gasteiger partial charge in [-0.1, -0.05) is 25.7 Å². The summed E-state index contributed by atoms with van der Waals surface area (Å²) in [5.41, 5.74) is 0. The summed E-state index contributed by atoms with van der Waals surface area (Å²) in [6.45, 7) is 0. The fourth-order valence-corrected chi connectivity index (χ4v) is 12.1. The molecule has 0 aliphatic heterocycles. The Morgan fingerprint density at radius 1 is 0.354 bits per heavy atom. The van der Waals surface area contributed by atoms with E-state index >= 15 is 0 Å². The van der Waals surface area contributed by atoms with Crippen molar-refractivity contribution in [2.75, 3.05) is 0 Å². The zero-order valence-corrected chi connectivity index (χ0v) is 31.5. The van der Waals surface area contributed by atoms with Crippen LogP contribution in [0.3, 0.4) is 0 Å². The van der Waals surface area contributed by atoms with Crippen LogP contribution in [0.5, 0.6) is 0 Å². The summed E-state index contributed by atoms with van der Waals surface area (Å²) >= 11 is 11.2. The average molecular weight is 751 g/mol. The molecule has 0 aromatic carbocycles. The minimum Gasteiger partial charge on any atom is -0.481 e. The molecule has 0 amide bonds. The van der Waals surface area contributed by atoms with Gasteiger partial charge in [-0.15, -0.1) is 68.0 Å². The van der Waals surface area contributed by atoms with Gasteiger partial charge < -0.3 is 10.2 Å². The van der Waals surface area contributed by atoms with E-state index in [0.29, 0.717) is 0 Å². The molecule has 48 heavy (non-hydrogen) atoms. The van der Waals surface area contributed by atoms with Crippen molar-refractivity contribution in [2.24, 2.45) is 0 Å². The number of aryl methyl sites for hydroxylation is 2. The molecule has 0 aliphatic carbocycles. The van der Waals surface area contributed by atoms with E-state index in [0.717, 1.165) is 64.2 Å². The maximum Gasteiger partial charge on any atom is 0.303 e. The molecule has 6 aromatic heterocycles. The van der Waals surface area contributed by atoms with Gasteiger partial charge in [0.25, 0.3) is 0 Å². The first-order valence-corrected chi connectivity index (χ1v) is 21.3. The van der Waals surface area contributed by atoms with Gasteiger partial charge in [0.05, 0.1) is 0 Å². The number of carbonyl (C=O) groups is 2. The zero-order chi connectivity index (χ0) is 33.3. The van der Waals surface area contributed by atoms with E-state index in [1.165, 1.54) is 58.5 Å². The van der Waals surface area contributed by atoms with Crippen LogP contribution in [0, 0.1) is 0 Å². The highest BCUT2D eigenvalue weighted by Gasteiger charge is 2.14. The smallest absolute Gasteiger partial charge is 0.303 e. The molecule has 0 saturated heterocycles. The summed E-state index contributed by atoms with van der Waals surface area (Å²) in [7, 11) is 0. The Bertz CT molecular complexity index is 1790. The van der Waals surface area contributed by atoms with Crippen molar-refractivity contribution in [1.82, 2.24) is 0 Å². The zero-order valence-electron chi connectivity index (χ0n) is 26.6. The third-order valence-electron chi connectivity index (χ3n) is 8.09. The van der Waals surface area contributed by atoms with Gasteiger partial charge in [-0.2, -0.15) is 0 Å². The monoisotopic (exact) mass is 750 g/mol. The van der Waals surface area contributed by atoms with E-state index in [1.807, 2.05) is 68.0 Å². The third-order valence-corrected chi connectivity index (χ3v) is 15.7. The Hall–Kier alpha value is -2.86. The lowest BCUT2D eigenvalue weighted by Gasteiger charge is -1.98. The van der Waals surface area contributed by atoms with Crippen LogP contribution in [0.2, 0.25) is 0 Å². The van der Waals surface area contributed by atoms with E-state index < -0.39 is 11.9 Å². The van der Waals surface area contributed by atoms with Gasteiger partial charge >= 0.3 is 11.9 Å². The molecule has 2 N–H and O–H groups in total. The quantitative estimate of drug-likeness (QED) is 0.0808. The molecule has 0 fully saturated rings. The van der Waals surface area contributed by atoms with Crippen LogP contribution in [0.4, 0.5) is 0 Å². The van der Waals surface area contributed by atoms with E-state index in [2.05, 4.69) is 72.8 Å². The highest BCUT2D eigenvalue weighted by atomic mass is 32.1. The van der Waals surface area contributed by atoms with Crippen molar-refractivity contribution in [3.8, 4) is 48.8 Å². The summed E-state index contributed by atoms with van der Waals surface area (Å²) in [6.07, 6.45) is 10.6. The normalized spacial score (nSPS) is 11.4. The molecule has 0 unspecified atom stereocenters. The minimum absolute atomic E-state index is 0.279. The third kappa shape index (κ3) is 9.64. The van der Waals surface area contributed by atoms with Crippen molar-refractivity contribution in [2.45, 2.75) is 77.0 Å². The van der Waals surface area contributed by atoms with Gasteiger partial charge in [-0.3, -0.25) is 9.59 Å². The Labute approximate surface area is 306 Å². The molecule has 6 rings (SSSR count). The molecule has 0 saturated carbocycles. The second kappa shape index (κ2) is 17.2. The molecule has 4 nitrogen and oxygen atoms in total. The molecule has 0 radical (unpaired) electrons. The summed E-state index contributed by atoms with van der Waals surface area (Å²) in [5, 5.41) is 17.6. The summed E-state index contributed by atoms with van der Waals surface area (Å²) in [4.78, 5) is 37.3. The molecule has 0 aliphatic rings. The van der Waals surface area contributed by atoms with Crippen LogP contribution >= 0.6 is 68.0 Å². The first kappa shape index (κ1) is 35.0. The Morgan fingerprint density at radius 3 is 0.896 bits per heavy atom. The Morgan fingerprint density at radius 2 is 0.604 bits per heavy atom. The first-order valence-electron chi connectivity index (χ1n) is 16.4. The van der Waals surface area contributed by atoms with Gasteiger partial charge in [0.15, 0.2) is 0 Å². The fourth-order valence-electron chi connectivity index (χ4n) is 5.56. The standard InChI is InChI=1S/C38H38O4S6/c39-37(40)11-7-3-1-5-9-25-13-15-27(43-25)29-17-19-31(45-29)33-21-23-35(47-33)36-24-22-34(48-36)32-20-18-30(46-32)28-16-14-26(44-28)10-6-2-4-8-12-38(41)42/h13-24H,1-12H2,(H,39,40)(H,41,42). The van der Waals surface area contributed by atoms with Gasteiger partial charge in [0.2, 0.25) is 0 Å². The number of hydrogen-bond acceptors (Lipinski definition) is 8. The van der Waals surface area contributed by atoms with Crippen LogP contribution in [0.15, 0.2) is 72.8 Å².